The number of thioether (sulfide) groups is 1. The average Bonchev–Trinajstić information content (AvgIpc) is 2.63. The Morgan fingerprint density at radius 2 is 1.83 bits per heavy atom. The molecule has 0 saturated heterocycles. The predicted octanol–water partition coefficient (Wildman–Crippen LogP) is 3.42. The van der Waals surface area contributed by atoms with Gasteiger partial charge in [0.25, 0.3) is 5.91 Å². The summed E-state index contributed by atoms with van der Waals surface area (Å²) in [6, 6.07) is 11.7. The van der Waals surface area contributed by atoms with Gasteiger partial charge in [0.1, 0.15) is 5.69 Å². The molecule has 1 aromatic carbocycles. The number of nitrogens with one attached hydrogen (secondary N) is 1. The first kappa shape index (κ1) is 15.2. The quantitative estimate of drug-likeness (QED) is 0.729. The molecule has 0 radical (unpaired) electrons. The molecule has 2 heterocycles. The van der Waals surface area contributed by atoms with Gasteiger partial charge in [0, 0.05) is 41.1 Å². The van der Waals surface area contributed by atoms with Crippen molar-refractivity contribution in [2.45, 2.75) is 10.6 Å². The fourth-order valence-electron chi connectivity index (χ4n) is 1.90. The average molecular weight is 322 g/mol. The van der Waals surface area contributed by atoms with Crippen molar-refractivity contribution in [2.24, 2.45) is 0 Å². The fourth-order valence-corrected chi connectivity index (χ4v) is 2.73. The van der Waals surface area contributed by atoms with Crippen molar-refractivity contribution in [3.05, 3.63) is 78.6 Å². The summed E-state index contributed by atoms with van der Waals surface area (Å²) in [5, 5.41) is 2.80. The number of anilines is 1. The molecule has 0 aliphatic carbocycles. The summed E-state index contributed by atoms with van der Waals surface area (Å²) in [4.78, 5) is 25.1. The minimum atomic E-state index is -0.270. The molecule has 1 N–H and O–H groups in total. The van der Waals surface area contributed by atoms with E-state index in [0.29, 0.717) is 5.69 Å². The van der Waals surface area contributed by atoms with Crippen LogP contribution in [0.1, 0.15) is 16.1 Å². The zero-order valence-corrected chi connectivity index (χ0v) is 13.0. The van der Waals surface area contributed by atoms with E-state index < -0.39 is 0 Å². The molecule has 3 rings (SSSR count). The first-order valence-corrected chi connectivity index (χ1v) is 7.99. The summed E-state index contributed by atoms with van der Waals surface area (Å²) < 4.78 is 0. The third-order valence-corrected chi connectivity index (χ3v) is 4.12. The molecule has 0 saturated carbocycles. The van der Waals surface area contributed by atoms with Crippen LogP contribution in [0.25, 0.3) is 0 Å². The van der Waals surface area contributed by atoms with E-state index in [1.807, 2.05) is 36.5 Å². The fraction of sp³-hybridized carbons (Fsp3) is 0.0588. The smallest absolute Gasteiger partial charge is 0.275 e. The van der Waals surface area contributed by atoms with Crippen molar-refractivity contribution in [1.29, 1.82) is 0 Å². The minimum Gasteiger partial charge on any atom is -0.321 e. The molecule has 3 aromatic rings. The Morgan fingerprint density at radius 3 is 2.52 bits per heavy atom. The predicted molar refractivity (Wildman–Crippen MR) is 90.2 cm³/mol. The van der Waals surface area contributed by atoms with Gasteiger partial charge < -0.3 is 5.32 Å². The second-order valence-corrected chi connectivity index (χ2v) is 5.77. The maximum Gasteiger partial charge on any atom is 0.275 e. The molecule has 114 valence electrons. The van der Waals surface area contributed by atoms with E-state index in [2.05, 4.69) is 26.3 Å². The van der Waals surface area contributed by atoms with Crippen molar-refractivity contribution in [3.63, 3.8) is 0 Å². The number of benzene rings is 1. The number of pyridine rings is 1. The molecular weight excluding hydrogens is 308 g/mol. The number of hydrogen-bond acceptors (Lipinski definition) is 5. The Morgan fingerprint density at radius 1 is 1.00 bits per heavy atom. The highest BCUT2D eigenvalue weighted by molar-refractivity contribution is 7.98. The van der Waals surface area contributed by atoms with Crippen LogP contribution in [0.2, 0.25) is 0 Å². The van der Waals surface area contributed by atoms with E-state index in [0.717, 1.165) is 16.3 Å². The molecule has 6 heteroatoms. The molecule has 2 aromatic heterocycles. The topological polar surface area (TPSA) is 67.8 Å². The lowest BCUT2D eigenvalue weighted by atomic mass is 10.3. The van der Waals surface area contributed by atoms with Crippen LogP contribution in [0.15, 0.2) is 72.3 Å². The van der Waals surface area contributed by atoms with Crippen molar-refractivity contribution >= 4 is 23.4 Å². The Kier molecular flexibility index (Phi) is 4.95. The van der Waals surface area contributed by atoms with Crippen LogP contribution in [0.4, 0.5) is 5.69 Å². The van der Waals surface area contributed by atoms with Crippen molar-refractivity contribution in [1.82, 2.24) is 15.0 Å². The van der Waals surface area contributed by atoms with Crippen LogP contribution >= 0.6 is 11.8 Å². The van der Waals surface area contributed by atoms with Crippen LogP contribution in [-0.2, 0) is 5.75 Å². The SMILES string of the molecule is O=C(Nc1ccc(SCc2cccnc2)cc1)c1cnccn1. The number of carbonyl (C=O) groups excluding carboxylic acids is 1. The highest BCUT2D eigenvalue weighted by Gasteiger charge is 2.07. The van der Waals surface area contributed by atoms with Crippen LogP contribution in [0.5, 0.6) is 0 Å². The number of carbonyl (C=O) groups is 1. The van der Waals surface area contributed by atoms with Gasteiger partial charge >= 0.3 is 0 Å². The van der Waals surface area contributed by atoms with Gasteiger partial charge in [-0.25, -0.2) is 4.98 Å². The number of nitrogens with zero attached hydrogens (tertiary/aromatic N) is 3. The number of amides is 1. The first-order chi connectivity index (χ1) is 11.3. The molecule has 0 aliphatic rings. The molecule has 5 nitrogen and oxygen atoms in total. The maximum atomic E-state index is 12.0. The van der Waals surface area contributed by atoms with Crippen molar-refractivity contribution in [3.8, 4) is 0 Å². The molecule has 0 bridgehead atoms. The lowest BCUT2D eigenvalue weighted by molar-refractivity contribution is 0.102. The van der Waals surface area contributed by atoms with Gasteiger partial charge in [-0.3, -0.25) is 14.8 Å². The highest BCUT2D eigenvalue weighted by Crippen LogP contribution is 2.24. The van der Waals surface area contributed by atoms with Gasteiger partial charge in [-0.2, -0.15) is 0 Å². The van der Waals surface area contributed by atoms with Gasteiger partial charge in [-0.05, 0) is 35.9 Å². The van der Waals surface area contributed by atoms with E-state index in [1.54, 1.807) is 18.0 Å². The summed E-state index contributed by atoms with van der Waals surface area (Å²) in [6.45, 7) is 0. The zero-order chi connectivity index (χ0) is 15.9. The van der Waals surface area contributed by atoms with E-state index in [-0.39, 0.29) is 5.91 Å². The van der Waals surface area contributed by atoms with E-state index in [1.165, 1.54) is 24.2 Å². The second-order valence-electron chi connectivity index (χ2n) is 4.72. The lowest BCUT2D eigenvalue weighted by Gasteiger charge is -2.06. The standard InChI is InChI=1S/C17H14N4OS/c22-17(16-11-19-8-9-20-16)21-14-3-5-15(6-4-14)23-12-13-2-1-7-18-10-13/h1-11H,12H2,(H,21,22). The van der Waals surface area contributed by atoms with Crippen molar-refractivity contribution < 1.29 is 4.79 Å². The van der Waals surface area contributed by atoms with E-state index in [9.17, 15) is 4.79 Å². The number of aromatic nitrogens is 3. The molecule has 0 aliphatic heterocycles. The largest absolute Gasteiger partial charge is 0.321 e. The molecule has 0 unspecified atom stereocenters. The number of rotatable bonds is 5. The molecule has 0 spiro atoms. The summed E-state index contributed by atoms with van der Waals surface area (Å²) in [6.07, 6.45) is 8.09. The molecule has 0 fully saturated rings. The number of hydrogen-bond donors (Lipinski definition) is 1. The van der Waals surface area contributed by atoms with Crippen LogP contribution in [-0.4, -0.2) is 20.9 Å². The summed E-state index contributed by atoms with van der Waals surface area (Å²) in [5.41, 5.74) is 2.20. The van der Waals surface area contributed by atoms with E-state index >= 15 is 0 Å². The monoisotopic (exact) mass is 322 g/mol. The zero-order valence-electron chi connectivity index (χ0n) is 12.2. The van der Waals surface area contributed by atoms with E-state index in [4.69, 9.17) is 0 Å². The molecular formula is C17H14N4OS. The van der Waals surface area contributed by atoms with Crippen LogP contribution in [0, 0.1) is 0 Å². The maximum absolute atomic E-state index is 12.0. The van der Waals surface area contributed by atoms with Crippen molar-refractivity contribution in [2.75, 3.05) is 5.32 Å². The summed E-state index contributed by atoms with van der Waals surface area (Å²) in [5.74, 6) is 0.591. The Bertz CT molecular complexity index is 764. The van der Waals surface area contributed by atoms with Gasteiger partial charge in [-0.15, -0.1) is 11.8 Å². The van der Waals surface area contributed by atoms with Gasteiger partial charge in [0.2, 0.25) is 0 Å². The summed E-state index contributed by atoms with van der Waals surface area (Å²) >= 11 is 1.72. The lowest BCUT2D eigenvalue weighted by Crippen LogP contribution is -2.13. The van der Waals surface area contributed by atoms with Gasteiger partial charge in [-0.1, -0.05) is 6.07 Å². The second kappa shape index (κ2) is 7.51. The Hall–Kier alpha value is -2.73. The Labute approximate surface area is 138 Å². The third kappa shape index (κ3) is 4.37. The Balaban J connectivity index is 1.58. The highest BCUT2D eigenvalue weighted by atomic mass is 32.2. The van der Waals surface area contributed by atoms with Crippen LogP contribution in [0.3, 0.4) is 0 Å². The first-order valence-electron chi connectivity index (χ1n) is 7.00. The minimum absolute atomic E-state index is 0.270. The summed E-state index contributed by atoms with van der Waals surface area (Å²) in [7, 11) is 0. The van der Waals surface area contributed by atoms with Crippen LogP contribution < -0.4 is 5.32 Å². The van der Waals surface area contributed by atoms with Gasteiger partial charge in [0.05, 0.1) is 6.20 Å². The molecule has 0 atom stereocenters. The van der Waals surface area contributed by atoms with Gasteiger partial charge in [0.15, 0.2) is 0 Å². The third-order valence-electron chi connectivity index (χ3n) is 3.04. The molecule has 23 heavy (non-hydrogen) atoms. The normalized spacial score (nSPS) is 10.3. The molecule has 1 amide bonds.